The average Bonchev–Trinajstić information content (AvgIpc) is 3.12. The fourth-order valence-corrected chi connectivity index (χ4v) is 4.80. The minimum atomic E-state index is -0.131. The molecule has 2 fully saturated rings. The number of hydrogen-bond donors (Lipinski definition) is 2. The van der Waals surface area contributed by atoms with Gasteiger partial charge >= 0.3 is 0 Å². The summed E-state index contributed by atoms with van der Waals surface area (Å²) < 4.78 is 0. The molecule has 0 unspecified atom stereocenters. The van der Waals surface area contributed by atoms with Gasteiger partial charge in [0.2, 0.25) is 0 Å². The van der Waals surface area contributed by atoms with Crippen LogP contribution >= 0.6 is 0 Å². The lowest BCUT2D eigenvalue weighted by atomic mass is 9.98. The Morgan fingerprint density at radius 2 is 1.89 bits per heavy atom. The third-order valence-electron chi connectivity index (χ3n) is 6.29. The predicted octanol–water partition coefficient (Wildman–Crippen LogP) is 2.41. The lowest BCUT2D eigenvalue weighted by Crippen LogP contribution is -2.48. The minimum absolute atomic E-state index is 0.131. The van der Waals surface area contributed by atoms with Crippen molar-refractivity contribution in [1.29, 1.82) is 5.26 Å². The quantitative estimate of drug-likeness (QED) is 0.714. The molecule has 28 heavy (non-hydrogen) atoms. The highest BCUT2D eigenvalue weighted by Gasteiger charge is 2.29. The van der Waals surface area contributed by atoms with Gasteiger partial charge in [0, 0.05) is 49.2 Å². The number of aliphatic hydroxyl groups excluding tert-OH is 1. The predicted molar refractivity (Wildman–Crippen MR) is 108 cm³/mol. The van der Waals surface area contributed by atoms with Crippen molar-refractivity contribution >= 4 is 27.6 Å². The normalized spacial score (nSPS) is 20.1. The second-order valence-electron chi connectivity index (χ2n) is 7.87. The molecule has 2 saturated heterocycles. The first-order valence-corrected chi connectivity index (χ1v) is 10.1. The van der Waals surface area contributed by atoms with Gasteiger partial charge in [-0.25, -0.2) is 9.97 Å². The van der Waals surface area contributed by atoms with Crippen molar-refractivity contribution in [3.8, 4) is 6.07 Å². The van der Waals surface area contributed by atoms with Crippen molar-refractivity contribution in [2.45, 2.75) is 37.8 Å². The number of pyridine rings is 2. The fraction of sp³-hybridized carbons (Fsp3) is 0.476. The minimum Gasteiger partial charge on any atom is -0.393 e. The first kappa shape index (κ1) is 17.4. The Hall–Kier alpha value is -2.69. The topological polar surface area (TPSA) is 92.1 Å². The van der Waals surface area contributed by atoms with Crippen LogP contribution in [0.4, 0.5) is 5.69 Å². The highest BCUT2D eigenvalue weighted by Crippen LogP contribution is 2.36. The molecular weight excluding hydrogens is 352 g/mol. The monoisotopic (exact) mass is 376 g/mol. The second-order valence-corrected chi connectivity index (χ2v) is 7.87. The van der Waals surface area contributed by atoms with E-state index in [-0.39, 0.29) is 6.10 Å². The van der Waals surface area contributed by atoms with E-state index in [0.29, 0.717) is 11.7 Å². The first-order chi connectivity index (χ1) is 13.7. The molecule has 0 bridgehead atoms. The standard InChI is InChI=1S/C21H24N6O/c22-12-17-20(19-16-2-1-7-23-21(16)25-18(19)13-24-17)27-8-3-14(4-9-27)26-10-5-15(28)6-11-26/h1-2,7,13-15,28H,3-6,8-11H2,(H,23,25). The maximum atomic E-state index is 9.76. The zero-order valence-corrected chi connectivity index (χ0v) is 15.8. The van der Waals surface area contributed by atoms with E-state index in [9.17, 15) is 10.4 Å². The van der Waals surface area contributed by atoms with E-state index in [1.807, 2.05) is 6.07 Å². The number of aliphatic hydroxyl groups is 1. The maximum Gasteiger partial charge on any atom is 0.164 e. The number of hydrogen-bond acceptors (Lipinski definition) is 6. The lowest BCUT2D eigenvalue weighted by molar-refractivity contribution is 0.0542. The van der Waals surface area contributed by atoms with Crippen LogP contribution in [0, 0.1) is 11.3 Å². The van der Waals surface area contributed by atoms with Crippen molar-refractivity contribution in [2.24, 2.45) is 0 Å². The largest absolute Gasteiger partial charge is 0.393 e. The van der Waals surface area contributed by atoms with Gasteiger partial charge in [0.1, 0.15) is 11.7 Å². The number of rotatable bonds is 2. The third-order valence-corrected chi connectivity index (χ3v) is 6.29. The van der Waals surface area contributed by atoms with Crippen LogP contribution in [0.15, 0.2) is 24.5 Å². The summed E-state index contributed by atoms with van der Waals surface area (Å²) in [6.45, 7) is 3.79. The highest BCUT2D eigenvalue weighted by atomic mass is 16.3. The Morgan fingerprint density at radius 1 is 1.11 bits per heavy atom. The van der Waals surface area contributed by atoms with E-state index >= 15 is 0 Å². The molecule has 5 heterocycles. The molecule has 2 aliphatic rings. The number of fused-ring (bicyclic) bond motifs is 3. The van der Waals surface area contributed by atoms with Crippen LogP contribution in [0.2, 0.25) is 0 Å². The number of H-pyrrole nitrogens is 1. The van der Waals surface area contributed by atoms with Gasteiger partial charge in [-0.2, -0.15) is 5.26 Å². The molecule has 0 atom stereocenters. The zero-order valence-electron chi connectivity index (χ0n) is 15.8. The highest BCUT2D eigenvalue weighted by molar-refractivity contribution is 6.13. The molecule has 2 aliphatic heterocycles. The number of piperidine rings is 2. The van der Waals surface area contributed by atoms with E-state index in [4.69, 9.17) is 0 Å². The summed E-state index contributed by atoms with van der Waals surface area (Å²) in [7, 11) is 0. The van der Waals surface area contributed by atoms with Gasteiger partial charge in [0.15, 0.2) is 5.69 Å². The van der Waals surface area contributed by atoms with Crippen LogP contribution in [0.3, 0.4) is 0 Å². The lowest BCUT2D eigenvalue weighted by Gasteiger charge is -2.41. The summed E-state index contributed by atoms with van der Waals surface area (Å²) in [5, 5.41) is 21.6. The molecule has 2 N–H and O–H groups in total. The molecule has 7 nitrogen and oxygen atoms in total. The molecule has 0 aliphatic carbocycles. The number of likely N-dealkylation sites (tertiary alicyclic amines) is 1. The number of nitriles is 1. The molecule has 3 aromatic rings. The first-order valence-electron chi connectivity index (χ1n) is 10.1. The average molecular weight is 376 g/mol. The van der Waals surface area contributed by atoms with Crippen molar-refractivity contribution < 1.29 is 5.11 Å². The maximum absolute atomic E-state index is 9.76. The molecule has 7 heteroatoms. The van der Waals surface area contributed by atoms with Gasteiger partial charge in [0.25, 0.3) is 0 Å². The van der Waals surface area contributed by atoms with E-state index in [0.717, 1.165) is 79.5 Å². The Morgan fingerprint density at radius 3 is 2.64 bits per heavy atom. The van der Waals surface area contributed by atoms with Crippen molar-refractivity contribution in [1.82, 2.24) is 19.9 Å². The van der Waals surface area contributed by atoms with Crippen LogP contribution in [-0.4, -0.2) is 63.3 Å². The number of anilines is 1. The van der Waals surface area contributed by atoms with Crippen LogP contribution in [0.5, 0.6) is 0 Å². The molecule has 0 spiro atoms. The molecule has 5 rings (SSSR count). The smallest absolute Gasteiger partial charge is 0.164 e. The fourth-order valence-electron chi connectivity index (χ4n) is 4.80. The summed E-state index contributed by atoms with van der Waals surface area (Å²) in [5.41, 5.74) is 3.18. The summed E-state index contributed by atoms with van der Waals surface area (Å²) in [6.07, 6.45) is 7.28. The number of nitrogens with one attached hydrogen (secondary N) is 1. The summed E-state index contributed by atoms with van der Waals surface area (Å²) >= 11 is 0. The van der Waals surface area contributed by atoms with E-state index in [1.54, 1.807) is 12.4 Å². The zero-order chi connectivity index (χ0) is 19.1. The van der Waals surface area contributed by atoms with E-state index < -0.39 is 0 Å². The van der Waals surface area contributed by atoms with Crippen molar-refractivity contribution in [2.75, 3.05) is 31.1 Å². The molecule has 0 amide bonds. The van der Waals surface area contributed by atoms with Crippen LogP contribution in [-0.2, 0) is 0 Å². The van der Waals surface area contributed by atoms with Crippen LogP contribution in [0.25, 0.3) is 21.9 Å². The summed E-state index contributed by atoms with van der Waals surface area (Å²) in [5.74, 6) is 0. The molecular formula is C21H24N6O. The Labute approximate surface area is 163 Å². The van der Waals surface area contributed by atoms with Gasteiger partial charge in [-0.1, -0.05) is 0 Å². The Bertz CT molecular complexity index is 1040. The van der Waals surface area contributed by atoms with Crippen LogP contribution < -0.4 is 4.90 Å². The number of aromatic nitrogens is 3. The van der Waals surface area contributed by atoms with Gasteiger partial charge in [0.05, 0.1) is 23.5 Å². The molecule has 0 radical (unpaired) electrons. The molecule has 0 saturated carbocycles. The van der Waals surface area contributed by atoms with Gasteiger partial charge in [-0.05, 0) is 37.8 Å². The van der Waals surface area contributed by atoms with Gasteiger partial charge in [-0.3, -0.25) is 0 Å². The van der Waals surface area contributed by atoms with Crippen molar-refractivity contribution in [3.05, 3.63) is 30.2 Å². The Kier molecular flexibility index (Phi) is 4.38. The molecule has 0 aromatic carbocycles. The Balaban J connectivity index is 1.46. The SMILES string of the molecule is N#Cc1ncc2[nH]c3ncccc3c2c1N1CCC(N2CCC(O)CC2)CC1. The van der Waals surface area contributed by atoms with Crippen LogP contribution in [0.1, 0.15) is 31.4 Å². The molecule has 144 valence electrons. The summed E-state index contributed by atoms with van der Waals surface area (Å²) in [4.78, 5) is 17.0. The number of nitrogens with zero attached hydrogens (tertiary/aromatic N) is 5. The van der Waals surface area contributed by atoms with E-state index in [2.05, 4.69) is 36.9 Å². The van der Waals surface area contributed by atoms with Crippen molar-refractivity contribution in [3.63, 3.8) is 0 Å². The number of aromatic amines is 1. The van der Waals surface area contributed by atoms with Gasteiger partial charge < -0.3 is 19.9 Å². The summed E-state index contributed by atoms with van der Waals surface area (Å²) in [6, 6.07) is 6.84. The van der Waals surface area contributed by atoms with E-state index in [1.165, 1.54) is 0 Å². The molecule has 3 aromatic heterocycles. The third kappa shape index (κ3) is 2.89. The second kappa shape index (κ2) is 7.04. The van der Waals surface area contributed by atoms with Gasteiger partial charge in [-0.15, -0.1) is 0 Å².